The Bertz CT molecular complexity index is 987. The Morgan fingerprint density at radius 1 is 1.03 bits per heavy atom. The third-order valence-electron chi connectivity index (χ3n) is 7.49. The smallest absolute Gasteiger partial charge is 0.246 e. The van der Waals surface area contributed by atoms with E-state index in [4.69, 9.17) is 0 Å². The van der Waals surface area contributed by atoms with Gasteiger partial charge in [-0.3, -0.25) is 9.59 Å². The Kier molecular flexibility index (Phi) is 7.13. The van der Waals surface area contributed by atoms with Crippen LogP contribution in [0.5, 0.6) is 0 Å². The van der Waals surface area contributed by atoms with Gasteiger partial charge in [0, 0.05) is 29.6 Å². The van der Waals surface area contributed by atoms with Gasteiger partial charge >= 0.3 is 0 Å². The van der Waals surface area contributed by atoms with Crippen molar-refractivity contribution in [2.45, 2.75) is 77.8 Å². The number of carbonyl (C=O) groups is 2. The molecule has 0 radical (unpaired) electrons. The highest BCUT2D eigenvalue weighted by Crippen LogP contribution is 2.42. The molecule has 2 aliphatic heterocycles. The maximum atomic E-state index is 13.6. The lowest BCUT2D eigenvalue weighted by Crippen LogP contribution is -2.67. The van der Waals surface area contributed by atoms with Crippen molar-refractivity contribution in [1.29, 1.82) is 0 Å². The van der Waals surface area contributed by atoms with E-state index in [1.54, 1.807) is 0 Å². The number of rotatable bonds is 10. The Labute approximate surface area is 198 Å². The summed E-state index contributed by atoms with van der Waals surface area (Å²) in [5.74, 6) is 0.162. The van der Waals surface area contributed by atoms with E-state index in [0.29, 0.717) is 13.0 Å². The molecule has 1 unspecified atom stereocenters. The number of carbonyl (C=O) groups excluding carboxylic acids is 2. The number of aromatic nitrogens is 1. The number of fused-ring (bicyclic) bond motifs is 4. The number of nitrogens with one attached hydrogen (secondary N) is 1. The Morgan fingerprint density at radius 3 is 2.39 bits per heavy atom. The molecule has 180 valence electrons. The number of aromatic amines is 1. The van der Waals surface area contributed by atoms with Crippen molar-refractivity contribution in [1.82, 2.24) is 19.7 Å². The summed E-state index contributed by atoms with van der Waals surface area (Å²) >= 11 is 0. The number of unbranched alkanes of at least 4 members (excludes halogenated alkanes) is 2. The topological polar surface area (TPSA) is 59.6 Å². The van der Waals surface area contributed by atoms with Crippen LogP contribution >= 0.6 is 0 Å². The normalized spacial score (nSPS) is 20.0. The van der Waals surface area contributed by atoms with Crippen molar-refractivity contribution in [2.75, 3.05) is 32.7 Å². The lowest BCUT2D eigenvalue weighted by atomic mass is 9.82. The molecular weight excluding hydrogens is 412 g/mol. The van der Waals surface area contributed by atoms with E-state index in [1.165, 1.54) is 36.6 Å². The highest BCUT2D eigenvalue weighted by Gasteiger charge is 2.51. The molecule has 2 amide bonds. The van der Waals surface area contributed by atoms with Crippen molar-refractivity contribution in [3.05, 3.63) is 35.5 Å². The first-order valence-electron chi connectivity index (χ1n) is 12.8. The Hall–Kier alpha value is -2.34. The summed E-state index contributed by atoms with van der Waals surface area (Å²) in [5, 5.41) is 1.17. The van der Waals surface area contributed by atoms with Gasteiger partial charge < -0.3 is 19.7 Å². The lowest BCUT2D eigenvalue weighted by molar-refractivity contribution is -0.163. The van der Waals surface area contributed by atoms with Crippen molar-refractivity contribution >= 4 is 22.7 Å². The van der Waals surface area contributed by atoms with Gasteiger partial charge in [-0.1, -0.05) is 44.9 Å². The van der Waals surface area contributed by atoms with Crippen LogP contribution in [-0.2, 0) is 21.5 Å². The molecule has 6 heteroatoms. The van der Waals surface area contributed by atoms with Crippen LogP contribution in [0.2, 0.25) is 0 Å². The van der Waals surface area contributed by atoms with Gasteiger partial charge in [0.2, 0.25) is 11.8 Å². The first kappa shape index (κ1) is 23.8. The highest BCUT2D eigenvalue weighted by molar-refractivity contribution is 5.97. The molecule has 1 atom stereocenters. The second-order valence-electron chi connectivity index (χ2n) is 10.2. The molecule has 33 heavy (non-hydrogen) atoms. The van der Waals surface area contributed by atoms with Crippen LogP contribution in [0.15, 0.2) is 24.3 Å². The maximum absolute atomic E-state index is 13.6. The zero-order chi connectivity index (χ0) is 23.6. The van der Waals surface area contributed by atoms with Gasteiger partial charge in [-0.15, -0.1) is 0 Å². The van der Waals surface area contributed by atoms with Gasteiger partial charge in [0.15, 0.2) is 0 Å². The minimum Gasteiger partial charge on any atom is -0.356 e. The Balaban J connectivity index is 1.48. The van der Waals surface area contributed by atoms with Crippen LogP contribution in [0.25, 0.3) is 10.9 Å². The molecule has 1 aromatic carbocycles. The molecule has 1 aromatic heterocycles. The minimum absolute atomic E-state index is 0.0581. The third kappa shape index (κ3) is 4.54. The summed E-state index contributed by atoms with van der Waals surface area (Å²) in [6.45, 7) is 12.7. The van der Waals surface area contributed by atoms with Gasteiger partial charge in [0.1, 0.15) is 6.04 Å². The van der Waals surface area contributed by atoms with Gasteiger partial charge in [-0.2, -0.15) is 0 Å². The van der Waals surface area contributed by atoms with Crippen molar-refractivity contribution in [3.63, 3.8) is 0 Å². The van der Waals surface area contributed by atoms with E-state index < -0.39 is 11.6 Å². The third-order valence-corrected chi connectivity index (χ3v) is 7.49. The number of para-hydroxylation sites is 1. The molecule has 1 N–H and O–H groups in total. The predicted octanol–water partition coefficient (Wildman–Crippen LogP) is 4.29. The van der Waals surface area contributed by atoms with Gasteiger partial charge in [-0.05, 0) is 64.4 Å². The fourth-order valence-corrected chi connectivity index (χ4v) is 5.71. The molecule has 4 rings (SSSR count). The summed E-state index contributed by atoms with van der Waals surface area (Å²) < 4.78 is 0. The van der Waals surface area contributed by atoms with Crippen LogP contribution in [-0.4, -0.2) is 70.3 Å². The summed E-state index contributed by atoms with van der Waals surface area (Å²) in [4.78, 5) is 36.6. The number of benzene rings is 1. The van der Waals surface area contributed by atoms with Gasteiger partial charge in [0.25, 0.3) is 0 Å². The largest absolute Gasteiger partial charge is 0.356 e. The standard InChI is InChI=1S/C27H40N4O2/c1-5-7-14-29(15-8-6-2)16-11-17-30-19-24(32)31-23(26(30)33)18-21-20-12-9-10-13-22(20)28-25(21)27(31,3)4/h9-10,12-13,23,28H,5-8,11,14-19H2,1-4H3. The molecule has 2 aromatic rings. The molecule has 1 fully saturated rings. The van der Waals surface area contributed by atoms with Crippen LogP contribution in [0.3, 0.4) is 0 Å². The second-order valence-corrected chi connectivity index (χ2v) is 10.2. The minimum atomic E-state index is -0.535. The zero-order valence-electron chi connectivity index (χ0n) is 20.8. The summed E-state index contributed by atoms with van der Waals surface area (Å²) in [6, 6.07) is 7.84. The average molecular weight is 453 g/mol. The number of H-pyrrole nitrogens is 1. The first-order valence-corrected chi connectivity index (χ1v) is 12.8. The number of piperazine rings is 1. The van der Waals surface area contributed by atoms with Crippen LogP contribution in [0.4, 0.5) is 0 Å². The van der Waals surface area contributed by atoms with Gasteiger partial charge in [-0.25, -0.2) is 0 Å². The average Bonchev–Trinajstić information content (AvgIpc) is 3.18. The number of hydrogen-bond donors (Lipinski definition) is 1. The zero-order valence-corrected chi connectivity index (χ0v) is 20.8. The molecule has 0 bridgehead atoms. The SMILES string of the molecule is CCCCN(CCCC)CCCN1CC(=O)N2C(Cc3c([nH]c4ccccc34)C2(C)C)C1=O. The van der Waals surface area contributed by atoms with E-state index >= 15 is 0 Å². The summed E-state index contributed by atoms with van der Waals surface area (Å²) in [6.07, 6.45) is 6.33. The van der Waals surface area contributed by atoms with E-state index in [2.05, 4.69) is 49.7 Å². The number of hydrogen-bond acceptors (Lipinski definition) is 3. The molecule has 0 saturated carbocycles. The number of amides is 2. The first-order chi connectivity index (χ1) is 15.9. The number of nitrogens with zero attached hydrogens (tertiary/aromatic N) is 3. The molecule has 6 nitrogen and oxygen atoms in total. The lowest BCUT2D eigenvalue weighted by Gasteiger charge is -2.51. The van der Waals surface area contributed by atoms with Crippen molar-refractivity contribution in [3.8, 4) is 0 Å². The quantitative estimate of drug-likeness (QED) is 0.585. The summed E-state index contributed by atoms with van der Waals surface area (Å²) in [5.41, 5.74) is 2.79. The van der Waals surface area contributed by atoms with E-state index in [-0.39, 0.29) is 18.4 Å². The van der Waals surface area contributed by atoms with E-state index in [0.717, 1.165) is 37.3 Å². The van der Waals surface area contributed by atoms with Gasteiger partial charge in [0.05, 0.1) is 12.1 Å². The fourth-order valence-electron chi connectivity index (χ4n) is 5.71. The van der Waals surface area contributed by atoms with E-state index in [1.807, 2.05) is 21.9 Å². The van der Waals surface area contributed by atoms with Crippen molar-refractivity contribution in [2.24, 2.45) is 0 Å². The van der Waals surface area contributed by atoms with Crippen LogP contribution in [0, 0.1) is 0 Å². The molecular formula is C27H40N4O2. The van der Waals surface area contributed by atoms with Crippen LogP contribution < -0.4 is 0 Å². The second kappa shape index (κ2) is 9.88. The maximum Gasteiger partial charge on any atom is 0.246 e. The highest BCUT2D eigenvalue weighted by atomic mass is 16.2. The molecule has 0 aliphatic carbocycles. The van der Waals surface area contributed by atoms with Crippen molar-refractivity contribution < 1.29 is 9.59 Å². The van der Waals surface area contributed by atoms with E-state index in [9.17, 15) is 9.59 Å². The molecule has 2 aliphatic rings. The molecule has 3 heterocycles. The Morgan fingerprint density at radius 2 is 1.70 bits per heavy atom. The summed E-state index contributed by atoms with van der Waals surface area (Å²) in [7, 11) is 0. The monoisotopic (exact) mass is 452 g/mol. The molecule has 1 saturated heterocycles. The predicted molar refractivity (Wildman–Crippen MR) is 133 cm³/mol. The fraction of sp³-hybridized carbons (Fsp3) is 0.630. The van der Waals surface area contributed by atoms with Crippen LogP contribution in [0.1, 0.15) is 71.1 Å². The molecule has 0 spiro atoms.